The highest BCUT2D eigenvalue weighted by atomic mass is 32.2. The molecule has 0 amide bonds. The van der Waals surface area contributed by atoms with Crippen molar-refractivity contribution in [3.63, 3.8) is 0 Å². The Morgan fingerprint density at radius 2 is 1.83 bits per heavy atom. The summed E-state index contributed by atoms with van der Waals surface area (Å²) in [5.41, 5.74) is 5.11. The van der Waals surface area contributed by atoms with Gasteiger partial charge in [0, 0.05) is 12.2 Å². The number of anilines is 1. The molecule has 1 aromatic rings. The zero-order chi connectivity index (χ0) is 14.0. The van der Waals surface area contributed by atoms with Crippen LogP contribution in [0.1, 0.15) is 6.42 Å². The van der Waals surface area contributed by atoms with E-state index in [9.17, 15) is 26.0 Å². The van der Waals surface area contributed by atoms with Crippen molar-refractivity contribution in [1.82, 2.24) is 4.72 Å². The maximum absolute atomic E-state index is 12.9. The lowest BCUT2D eigenvalue weighted by atomic mass is 10.3. The molecule has 0 aliphatic carbocycles. The summed E-state index contributed by atoms with van der Waals surface area (Å²) >= 11 is 0. The van der Waals surface area contributed by atoms with Gasteiger partial charge >= 0.3 is 6.18 Å². The van der Waals surface area contributed by atoms with Gasteiger partial charge < -0.3 is 5.73 Å². The van der Waals surface area contributed by atoms with Gasteiger partial charge in [-0.3, -0.25) is 0 Å². The van der Waals surface area contributed by atoms with Crippen LogP contribution < -0.4 is 10.5 Å². The Balaban J connectivity index is 2.80. The highest BCUT2D eigenvalue weighted by Crippen LogP contribution is 2.19. The number of alkyl halides is 3. The molecule has 0 atom stereocenters. The van der Waals surface area contributed by atoms with Crippen molar-refractivity contribution < 1.29 is 26.0 Å². The molecule has 1 aromatic carbocycles. The lowest BCUT2D eigenvalue weighted by molar-refractivity contribution is -0.132. The second-order valence-electron chi connectivity index (χ2n) is 3.48. The summed E-state index contributed by atoms with van der Waals surface area (Å²) in [7, 11) is -4.20. The Morgan fingerprint density at radius 3 is 2.33 bits per heavy atom. The van der Waals surface area contributed by atoms with Gasteiger partial charge in [0.25, 0.3) is 0 Å². The maximum Gasteiger partial charge on any atom is 0.390 e. The Hall–Kier alpha value is -1.35. The number of nitrogen functional groups attached to an aromatic ring is 1. The number of nitrogens with two attached hydrogens (primary N) is 1. The van der Waals surface area contributed by atoms with Crippen molar-refractivity contribution in [1.29, 1.82) is 0 Å². The third-order valence-electron chi connectivity index (χ3n) is 1.90. The van der Waals surface area contributed by atoms with Crippen LogP contribution in [0.25, 0.3) is 0 Å². The SMILES string of the molecule is Nc1cc(F)cc(S(=O)(=O)NCCC(F)(F)F)c1. The van der Waals surface area contributed by atoms with E-state index in [1.165, 1.54) is 0 Å². The van der Waals surface area contributed by atoms with Gasteiger partial charge in [-0.2, -0.15) is 13.2 Å². The molecule has 0 unspecified atom stereocenters. The van der Waals surface area contributed by atoms with Crippen molar-refractivity contribution in [2.45, 2.75) is 17.5 Å². The Morgan fingerprint density at radius 1 is 1.22 bits per heavy atom. The number of benzene rings is 1. The van der Waals surface area contributed by atoms with Crippen molar-refractivity contribution in [2.75, 3.05) is 12.3 Å². The Kier molecular flexibility index (Phi) is 4.17. The lowest BCUT2D eigenvalue weighted by Crippen LogP contribution is -2.28. The highest BCUT2D eigenvalue weighted by Gasteiger charge is 2.27. The predicted octanol–water partition coefficient (Wildman–Crippen LogP) is 1.64. The van der Waals surface area contributed by atoms with Gasteiger partial charge in [-0.25, -0.2) is 17.5 Å². The second-order valence-corrected chi connectivity index (χ2v) is 5.25. The molecule has 102 valence electrons. The van der Waals surface area contributed by atoms with E-state index < -0.39 is 39.9 Å². The second kappa shape index (κ2) is 5.11. The summed E-state index contributed by atoms with van der Waals surface area (Å²) in [4.78, 5) is -0.512. The van der Waals surface area contributed by atoms with Gasteiger partial charge in [0.05, 0.1) is 11.3 Å². The quantitative estimate of drug-likeness (QED) is 0.653. The summed E-state index contributed by atoms with van der Waals surface area (Å²) in [6.45, 7) is -0.817. The maximum atomic E-state index is 12.9. The van der Waals surface area contributed by atoms with Crippen molar-refractivity contribution >= 4 is 15.7 Å². The number of hydrogen-bond acceptors (Lipinski definition) is 3. The monoisotopic (exact) mass is 286 g/mol. The molecule has 4 nitrogen and oxygen atoms in total. The van der Waals surface area contributed by atoms with Gasteiger partial charge in [0.2, 0.25) is 10.0 Å². The van der Waals surface area contributed by atoms with Crippen LogP contribution in [-0.4, -0.2) is 21.1 Å². The minimum Gasteiger partial charge on any atom is -0.399 e. The van der Waals surface area contributed by atoms with E-state index in [2.05, 4.69) is 0 Å². The van der Waals surface area contributed by atoms with Crippen LogP contribution in [0, 0.1) is 5.82 Å². The van der Waals surface area contributed by atoms with Gasteiger partial charge in [-0.15, -0.1) is 0 Å². The minimum atomic E-state index is -4.47. The molecule has 0 saturated carbocycles. The molecule has 0 fully saturated rings. The standard InChI is InChI=1S/C9H10F4N2O2S/c10-6-3-7(14)5-8(4-6)18(16,17)15-2-1-9(11,12)13/h3-5,15H,1-2,14H2. The van der Waals surface area contributed by atoms with Crippen molar-refractivity contribution in [2.24, 2.45) is 0 Å². The highest BCUT2D eigenvalue weighted by molar-refractivity contribution is 7.89. The fourth-order valence-electron chi connectivity index (χ4n) is 1.15. The summed E-state index contributed by atoms with van der Waals surface area (Å²) in [5.74, 6) is -0.883. The molecule has 3 N–H and O–H groups in total. The van der Waals surface area contributed by atoms with E-state index >= 15 is 0 Å². The number of sulfonamides is 1. The molecule has 0 bridgehead atoms. The number of rotatable bonds is 4. The average Bonchev–Trinajstić information content (AvgIpc) is 2.13. The van der Waals surface area contributed by atoms with Crippen LogP contribution >= 0.6 is 0 Å². The Labute approximate surface area is 101 Å². The molecule has 0 spiro atoms. The first-order valence-electron chi connectivity index (χ1n) is 4.73. The van der Waals surface area contributed by atoms with Gasteiger partial charge in [0.1, 0.15) is 5.82 Å². The molecule has 18 heavy (non-hydrogen) atoms. The molecular formula is C9H10F4N2O2S. The third-order valence-corrected chi connectivity index (χ3v) is 3.34. The predicted molar refractivity (Wildman–Crippen MR) is 56.7 cm³/mol. The van der Waals surface area contributed by atoms with Crippen LogP contribution in [0.5, 0.6) is 0 Å². The Bertz CT molecular complexity index is 508. The van der Waals surface area contributed by atoms with E-state index in [-0.39, 0.29) is 5.69 Å². The molecular weight excluding hydrogens is 276 g/mol. The molecule has 0 aliphatic rings. The molecule has 9 heteroatoms. The van der Waals surface area contributed by atoms with Crippen LogP contribution in [0.4, 0.5) is 23.2 Å². The number of hydrogen-bond donors (Lipinski definition) is 2. The molecule has 0 heterocycles. The smallest absolute Gasteiger partial charge is 0.390 e. The molecule has 0 aliphatic heterocycles. The van der Waals surface area contributed by atoms with E-state index in [1.54, 1.807) is 4.72 Å². The van der Waals surface area contributed by atoms with Gasteiger partial charge in [-0.05, 0) is 18.2 Å². The third kappa shape index (κ3) is 4.49. The average molecular weight is 286 g/mol. The van der Waals surface area contributed by atoms with E-state index in [0.29, 0.717) is 6.07 Å². The lowest BCUT2D eigenvalue weighted by Gasteiger charge is -2.09. The first-order valence-corrected chi connectivity index (χ1v) is 6.21. The number of nitrogens with one attached hydrogen (secondary N) is 1. The van der Waals surface area contributed by atoms with E-state index in [0.717, 1.165) is 12.1 Å². The first-order chi connectivity index (χ1) is 8.10. The molecule has 0 radical (unpaired) electrons. The molecule has 1 rings (SSSR count). The number of halogens is 4. The van der Waals surface area contributed by atoms with E-state index in [1.807, 2.05) is 0 Å². The van der Waals surface area contributed by atoms with Crippen LogP contribution in [0.2, 0.25) is 0 Å². The summed E-state index contributed by atoms with van der Waals surface area (Å²) in [6, 6.07) is 2.53. The first kappa shape index (κ1) is 14.7. The summed E-state index contributed by atoms with van der Waals surface area (Å²) < 4.78 is 73.2. The van der Waals surface area contributed by atoms with Crippen LogP contribution in [0.3, 0.4) is 0 Å². The van der Waals surface area contributed by atoms with Crippen molar-refractivity contribution in [3.8, 4) is 0 Å². The zero-order valence-corrected chi connectivity index (χ0v) is 9.78. The van der Waals surface area contributed by atoms with Gasteiger partial charge in [-0.1, -0.05) is 0 Å². The fraction of sp³-hybridized carbons (Fsp3) is 0.333. The normalized spacial score (nSPS) is 12.7. The van der Waals surface area contributed by atoms with Crippen LogP contribution in [-0.2, 0) is 10.0 Å². The molecule has 0 aromatic heterocycles. The largest absolute Gasteiger partial charge is 0.399 e. The minimum absolute atomic E-state index is 0.133. The van der Waals surface area contributed by atoms with Crippen LogP contribution in [0.15, 0.2) is 23.1 Å². The fourth-order valence-corrected chi connectivity index (χ4v) is 2.25. The van der Waals surface area contributed by atoms with E-state index in [4.69, 9.17) is 5.73 Å². The zero-order valence-electron chi connectivity index (χ0n) is 8.96. The van der Waals surface area contributed by atoms with Crippen molar-refractivity contribution in [3.05, 3.63) is 24.0 Å². The summed E-state index contributed by atoms with van der Waals surface area (Å²) in [6.07, 6.45) is -5.78. The topological polar surface area (TPSA) is 72.2 Å². The van der Waals surface area contributed by atoms with Gasteiger partial charge in [0.15, 0.2) is 0 Å². The molecule has 0 saturated heterocycles. The summed E-state index contributed by atoms with van der Waals surface area (Å²) in [5, 5.41) is 0.